The van der Waals surface area contributed by atoms with E-state index in [4.69, 9.17) is 0 Å². The number of benzene rings is 2. The van der Waals surface area contributed by atoms with E-state index in [1.54, 1.807) is 6.92 Å². The molecule has 2 aromatic carbocycles. The number of hydrogen-bond acceptors (Lipinski definition) is 3. The van der Waals surface area contributed by atoms with Gasteiger partial charge in [-0.2, -0.15) is 0 Å². The number of nitrogens with one attached hydrogen (secondary N) is 1. The maximum atomic E-state index is 12.9. The Kier molecular flexibility index (Phi) is 4.73. The average molecular weight is 337 g/mol. The van der Waals surface area contributed by atoms with Crippen molar-refractivity contribution < 1.29 is 14.7 Å². The first-order valence-electron chi connectivity index (χ1n) is 8.54. The summed E-state index contributed by atoms with van der Waals surface area (Å²) in [5.41, 5.74) is 1.48. The van der Waals surface area contributed by atoms with Crippen LogP contribution in [0.3, 0.4) is 0 Å². The van der Waals surface area contributed by atoms with E-state index in [-0.39, 0.29) is 24.0 Å². The van der Waals surface area contributed by atoms with Gasteiger partial charge in [-0.3, -0.25) is 9.59 Å². The second-order valence-corrected chi connectivity index (χ2v) is 7.14. The summed E-state index contributed by atoms with van der Waals surface area (Å²) in [6.07, 6.45) is 0.386. The lowest BCUT2D eigenvalue weighted by Crippen LogP contribution is -2.46. The first-order chi connectivity index (χ1) is 11.9. The highest BCUT2D eigenvalue weighted by atomic mass is 16.3. The van der Waals surface area contributed by atoms with Gasteiger partial charge in [0.1, 0.15) is 11.7 Å². The molecule has 2 aromatic rings. The molecule has 1 saturated carbocycles. The van der Waals surface area contributed by atoms with Crippen molar-refractivity contribution in [1.29, 1.82) is 0 Å². The van der Waals surface area contributed by atoms with E-state index in [1.165, 1.54) is 0 Å². The number of rotatable bonds is 3. The molecule has 2 N–H and O–H groups in total. The summed E-state index contributed by atoms with van der Waals surface area (Å²) in [4.78, 5) is 25.6. The highest BCUT2D eigenvalue weighted by Crippen LogP contribution is 2.41. The predicted molar refractivity (Wildman–Crippen MR) is 97.3 cm³/mol. The molecule has 0 aromatic heterocycles. The standard InChI is InChI=1S/C21H23NO3/c1-14-8-6-7-11-17(14)22-20(24)19-16(15-9-4-3-5-10-15)12-21(2,25)13-18(19)23/h3-11,16,19,25H,12-13H2,1-2H3,(H,22,24)/t16-,19-,21-/m1/s1. The molecule has 3 atom stereocenters. The molecule has 0 radical (unpaired) electrons. The number of para-hydroxylation sites is 1. The summed E-state index contributed by atoms with van der Waals surface area (Å²) in [7, 11) is 0. The van der Waals surface area contributed by atoms with Gasteiger partial charge in [0.05, 0.1) is 5.60 Å². The van der Waals surface area contributed by atoms with E-state index in [2.05, 4.69) is 5.32 Å². The maximum absolute atomic E-state index is 12.9. The Morgan fingerprint density at radius 3 is 2.44 bits per heavy atom. The summed E-state index contributed by atoms with van der Waals surface area (Å²) in [5.74, 6) is -1.64. The molecule has 0 saturated heterocycles. The third-order valence-corrected chi connectivity index (χ3v) is 4.88. The minimum absolute atomic E-state index is 0.00217. The van der Waals surface area contributed by atoms with Crippen molar-refractivity contribution in [3.8, 4) is 0 Å². The molecule has 25 heavy (non-hydrogen) atoms. The second kappa shape index (κ2) is 6.81. The maximum Gasteiger partial charge on any atom is 0.235 e. The Hall–Kier alpha value is -2.46. The molecule has 0 spiro atoms. The average Bonchev–Trinajstić information content (AvgIpc) is 2.56. The zero-order chi connectivity index (χ0) is 18.0. The Morgan fingerprint density at radius 1 is 1.12 bits per heavy atom. The SMILES string of the molecule is Cc1ccccc1NC(=O)[C@H]1C(=O)C[C@](C)(O)C[C@@H]1c1ccccc1. The van der Waals surface area contributed by atoms with Gasteiger partial charge in [-0.05, 0) is 37.5 Å². The summed E-state index contributed by atoms with van der Waals surface area (Å²) in [6.45, 7) is 3.58. The van der Waals surface area contributed by atoms with Gasteiger partial charge in [-0.15, -0.1) is 0 Å². The highest BCUT2D eigenvalue weighted by Gasteiger charge is 2.46. The molecule has 4 nitrogen and oxygen atoms in total. The molecule has 0 aliphatic heterocycles. The van der Waals surface area contributed by atoms with Crippen LogP contribution in [0.4, 0.5) is 5.69 Å². The fourth-order valence-electron chi connectivity index (χ4n) is 3.64. The van der Waals surface area contributed by atoms with Crippen molar-refractivity contribution in [3.63, 3.8) is 0 Å². The summed E-state index contributed by atoms with van der Waals surface area (Å²) >= 11 is 0. The third kappa shape index (κ3) is 3.80. The Bertz CT molecular complexity index is 783. The Labute approximate surface area is 147 Å². The Balaban J connectivity index is 1.92. The molecule has 1 amide bonds. The van der Waals surface area contributed by atoms with Crippen LogP contribution in [0, 0.1) is 12.8 Å². The van der Waals surface area contributed by atoms with Crippen LogP contribution >= 0.6 is 0 Å². The smallest absolute Gasteiger partial charge is 0.235 e. The molecule has 0 bridgehead atoms. The van der Waals surface area contributed by atoms with Gasteiger partial charge in [0.2, 0.25) is 5.91 Å². The van der Waals surface area contributed by atoms with Gasteiger partial charge >= 0.3 is 0 Å². The minimum atomic E-state index is -1.09. The molecular weight excluding hydrogens is 314 g/mol. The lowest BCUT2D eigenvalue weighted by atomic mass is 9.68. The molecular formula is C21H23NO3. The Morgan fingerprint density at radius 2 is 1.76 bits per heavy atom. The fraction of sp³-hybridized carbons (Fsp3) is 0.333. The molecule has 3 rings (SSSR count). The number of hydrogen-bond donors (Lipinski definition) is 2. The van der Waals surface area contributed by atoms with Crippen molar-refractivity contribution in [1.82, 2.24) is 0 Å². The van der Waals surface area contributed by atoms with Crippen LogP contribution in [0.2, 0.25) is 0 Å². The van der Waals surface area contributed by atoms with Crippen LogP contribution in [0.5, 0.6) is 0 Å². The van der Waals surface area contributed by atoms with Crippen molar-refractivity contribution in [2.24, 2.45) is 5.92 Å². The summed E-state index contributed by atoms with van der Waals surface area (Å²) < 4.78 is 0. The fourth-order valence-corrected chi connectivity index (χ4v) is 3.64. The number of aliphatic hydroxyl groups is 1. The topological polar surface area (TPSA) is 66.4 Å². The van der Waals surface area contributed by atoms with E-state index in [0.29, 0.717) is 12.1 Å². The first kappa shape index (κ1) is 17.4. The van der Waals surface area contributed by atoms with Crippen LogP contribution in [0.1, 0.15) is 36.8 Å². The molecule has 130 valence electrons. The number of Topliss-reactive ketones (excluding diaryl/α,β-unsaturated/α-hetero) is 1. The predicted octanol–water partition coefficient (Wildman–Crippen LogP) is 3.45. The molecule has 1 aliphatic carbocycles. The summed E-state index contributed by atoms with van der Waals surface area (Å²) in [6, 6.07) is 17.0. The van der Waals surface area contributed by atoms with E-state index in [0.717, 1.165) is 11.1 Å². The largest absolute Gasteiger partial charge is 0.390 e. The van der Waals surface area contributed by atoms with Crippen LogP contribution in [-0.2, 0) is 9.59 Å². The molecule has 1 fully saturated rings. The van der Waals surface area contributed by atoms with Crippen LogP contribution in [0.25, 0.3) is 0 Å². The molecule has 1 aliphatic rings. The monoisotopic (exact) mass is 337 g/mol. The normalized spacial score (nSPS) is 26.3. The quantitative estimate of drug-likeness (QED) is 0.843. The number of aryl methyl sites for hydroxylation is 1. The van der Waals surface area contributed by atoms with Gasteiger partial charge in [-0.1, -0.05) is 48.5 Å². The lowest BCUT2D eigenvalue weighted by molar-refractivity contribution is -0.140. The van der Waals surface area contributed by atoms with Crippen molar-refractivity contribution in [2.45, 2.75) is 38.2 Å². The van der Waals surface area contributed by atoms with Gasteiger partial charge in [-0.25, -0.2) is 0 Å². The van der Waals surface area contributed by atoms with Crippen LogP contribution < -0.4 is 5.32 Å². The zero-order valence-electron chi connectivity index (χ0n) is 14.5. The van der Waals surface area contributed by atoms with Crippen molar-refractivity contribution in [3.05, 3.63) is 65.7 Å². The van der Waals surface area contributed by atoms with E-state index in [9.17, 15) is 14.7 Å². The first-order valence-corrected chi connectivity index (χ1v) is 8.54. The number of ketones is 1. The second-order valence-electron chi connectivity index (χ2n) is 7.14. The van der Waals surface area contributed by atoms with Crippen molar-refractivity contribution in [2.75, 3.05) is 5.32 Å². The van der Waals surface area contributed by atoms with Crippen LogP contribution in [0.15, 0.2) is 54.6 Å². The number of carbonyl (C=O) groups is 2. The lowest BCUT2D eigenvalue weighted by Gasteiger charge is -2.38. The van der Waals surface area contributed by atoms with Gasteiger partial charge in [0.15, 0.2) is 0 Å². The zero-order valence-corrected chi connectivity index (χ0v) is 14.5. The van der Waals surface area contributed by atoms with E-state index >= 15 is 0 Å². The third-order valence-electron chi connectivity index (χ3n) is 4.88. The van der Waals surface area contributed by atoms with Crippen LogP contribution in [-0.4, -0.2) is 22.4 Å². The van der Waals surface area contributed by atoms with E-state index < -0.39 is 11.5 Å². The van der Waals surface area contributed by atoms with Crippen molar-refractivity contribution >= 4 is 17.4 Å². The van der Waals surface area contributed by atoms with Gasteiger partial charge in [0, 0.05) is 18.0 Å². The number of anilines is 1. The number of carbonyl (C=O) groups excluding carboxylic acids is 2. The molecule has 0 unspecified atom stereocenters. The van der Waals surface area contributed by atoms with Gasteiger partial charge < -0.3 is 10.4 Å². The van der Waals surface area contributed by atoms with E-state index in [1.807, 2.05) is 61.5 Å². The minimum Gasteiger partial charge on any atom is -0.390 e. The molecule has 0 heterocycles. The molecule has 4 heteroatoms. The van der Waals surface area contributed by atoms with Gasteiger partial charge in [0.25, 0.3) is 0 Å². The summed E-state index contributed by atoms with van der Waals surface area (Å²) in [5, 5.41) is 13.4. The number of amides is 1. The highest BCUT2D eigenvalue weighted by molar-refractivity contribution is 6.09.